The molecule has 3 rings (SSSR count). The minimum atomic E-state index is -0.248. The van der Waals surface area contributed by atoms with Crippen molar-refractivity contribution in [3.8, 4) is 0 Å². The van der Waals surface area contributed by atoms with E-state index in [1.54, 1.807) is 0 Å². The topological polar surface area (TPSA) is 52.6 Å². The number of esters is 2. The van der Waals surface area contributed by atoms with E-state index in [9.17, 15) is 9.59 Å². The van der Waals surface area contributed by atoms with E-state index in [1.807, 2.05) is 0 Å². The molecule has 0 aromatic carbocycles. The molecule has 4 atom stereocenters. The number of carbonyl (C=O) groups excluding carboxylic acids is 2. The second-order valence-corrected chi connectivity index (χ2v) is 6.84. The van der Waals surface area contributed by atoms with Gasteiger partial charge in [-0.2, -0.15) is 0 Å². The molecule has 0 radical (unpaired) electrons. The first-order valence-corrected chi connectivity index (χ1v) is 7.59. The van der Waals surface area contributed by atoms with Crippen LogP contribution in [0.25, 0.3) is 0 Å². The van der Waals surface area contributed by atoms with Crippen LogP contribution in [0.3, 0.4) is 0 Å². The Labute approximate surface area is 125 Å². The molecule has 1 saturated heterocycles. The predicted octanol–water partition coefficient (Wildman–Crippen LogP) is 2.93. The Morgan fingerprint density at radius 3 is 2.86 bits per heavy atom. The van der Waals surface area contributed by atoms with E-state index in [0.29, 0.717) is 5.57 Å². The maximum absolute atomic E-state index is 11.7. The lowest BCUT2D eigenvalue weighted by atomic mass is 9.60. The Kier molecular flexibility index (Phi) is 3.23. The van der Waals surface area contributed by atoms with Crippen LogP contribution in [-0.2, 0) is 19.1 Å². The van der Waals surface area contributed by atoms with Gasteiger partial charge < -0.3 is 9.47 Å². The third kappa shape index (κ3) is 2.21. The van der Waals surface area contributed by atoms with Crippen LogP contribution in [0.5, 0.6) is 0 Å². The third-order valence-corrected chi connectivity index (χ3v) is 5.45. The predicted molar refractivity (Wildman–Crippen MR) is 77.3 cm³/mol. The van der Waals surface area contributed by atoms with Crippen LogP contribution < -0.4 is 0 Å². The SMILES string of the molecule is C=C1C(=O)OC2CC3(C)CCC(OC(C)=O)C(C)=C3CC12. The summed E-state index contributed by atoms with van der Waals surface area (Å²) in [6.07, 6.45) is 3.31. The molecule has 2 aliphatic carbocycles. The van der Waals surface area contributed by atoms with E-state index in [0.717, 1.165) is 31.3 Å². The molecular formula is C17H22O4. The first-order chi connectivity index (χ1) is 9.82. The average molecular weight is 290 g/mol. The number of rotatable bonds is 1. The fourth-order valence-electron chi connectivity index (χ4n) is 4.24. The van der Waals surface area contributed by atoms with Crippen LogP contribution in [0.2, 0.25) is 0 Å². The van der Waals surface area contributed by atoms with Gasteiger partial charge in [-0.3, -0.25) is 4.79 Å². The Hall–Kier alpha value is -1.58. The van der Waals surface area contributed by atoms with E-state index >= 15 is 0 Å². The molecule has 4 nitrogen and oxygen atoms in total. The van der Waals surface area contributed by atoms with Gasteiger partial charge in [0.15, 0.2) is 0 Å². The van der Waals surface area contributed by atoms with E-state index in [2.05, 4.69) is 20.4 Å². The van der Waals surface area contributed by atoms with Crippen molar-refractivity contribution in [2.75, 3.05) is 0 Å². The summed E-state index contributed by atoms with van der Waals surface area (Å²) in [6, 6.07) is 0. The van der Waals surface area contributed by atoms with Crippen LogP contribution in [-0.4, -0.2) is 24.1 Å². The zero-order valence-corrected chi connectivity index (χ0v) is 12.9. The number of hydrogen-bond acceptors (Lipinski definition) is 4. The standard InChI is InChI=1S/C17H22O4/c1-9-12-7-13-10(2)14(20-11(3)18)5-6-17(13,4)8-15(12)21-16(9)19/h12,14-15H,1,5-8H2,2-4H3. The smallest absolute Gasteiger partial charge is 0.334 e. The van der Waals surface area contributed by atoms with Crippen LogP contribution in [0.15, 0.2) is 23.3 Å². The summed E-state index contributed by atoms with van der Waals surface area (Å²) in [5.41, 5.74) is 3.13. The van der Waals surface area contributed by atoms with Gasteiger partial charge in [0.2, 0.25) is 0 Å². The molecule has 4 heteroatoms. The molecule has 0 N–H and O–H groups in total. The number of fused-ring (bicyclic) bond motifs is 2. The van der Waals surface area contributed by atoms with Crippen molar-refractivity contribution in [1.82, 2.24) is 0 Å². The number of hydrogen-bond donors (Lipinski definition) is 0. The molecule has 3 aliphatic rings. The van der Waals surface area contributed by atoms with Crippen molar-refractivity contribution < 1.29 is 19.1 Å². The fraction of sp³-hybridized carbons (Fsp3) is 0.647. The van der Waals surface area contributed by atoms with Gasteiger partial charge >= 0.3 is 11.9 Å². The lowest BCUT2D eigenvalue weighted by Gasteiger charge is -2.46. The lowest BCUT2D eigenvalue weighted by molar-refractivity contribution is -0.146. The van der Waals surface area contributed by atoms with E-state index in [4.69, 9.17) is 9.47 Å². The van der Waals surface area contributed by atoms with Gasteiger partial charge in [-0.15, -0.1) is 0 Å². The highest BCUT2D eigenvalue weighted by atomic mass is 16.6. The van der Waals surface area contributed by atoms with Gasteiger partial charge in [-0.25, -0.2) is 4.79 Å². The van der Waals surface area contributed by atoms with Crippen molar-refractivity contribution in [3.63, 3.8) is 0 Å². The molecule has 4 unspecified atom stereocenters. The van der Waals surface area contributed by atoms with Crippen molar-refractivity contribution in [3.05, 3.63) is 23.3 Å². The molecule has 2 fully saturated rings. The maximum atomic E-state index is 11.7. The van der Waals surface area contributed by atoms with Crippen molar-refractivity contribution in [2.24, 2.45) is 11.3 Å². The molecule has 1 aliphatic heterocycles. The summed E-state index contributed by atoms with van der Waals surface area (Å²) in [6.45, 7) is 9.64. The zero-order valence-electron chi connectivity index (χ0n) is 12.9. The Morgan fingerprint density at radius 1 is 1.48 bits per heavy atom. The van der Waals surface area contributed by atoms with Crippen LogP contribution in [0.4, 0.5) is 0 Å². The highest BCUT2D eigenvalue weighted by Gasteiger charge is 2.51. The van der Waals surface area contributed by atoms with Gasteiger partial charge in [0.25, 0.3) is 0 Å². The summed E-state index contributed by atoms with van der Waals surface area (Å²) >= 11 is 0. The molecule has 0 aromatic heterocycles. The first kappa shape index (κ1) is 14.4. The van der Waals surface area contributed by atoms with Crippen molar-refractivity contribution >= 4 is 11.9 Å². The highest BCUT2D eigenvalue weighted by Crippen LogP contribution is 2.55. The largest absolute Gasteiger partial charge is 0.458 e. The second-order valence-electron chi connectivity index (χ2n) is 6.84. The summed E-state index contributed by atoms with van der Waals surface area (Å²) in [5.74, 6) is -0.394. The van der Waals surface area contributed by atoms with Crippen molar-refractivity contribution in [1.29, 1.82) is 0 Å². The molecule has 1 heterocycles. The molecule has 114 valence electrons. The highest BCUT2D eigenvalue weighted by molar-refractivity contribution is 5.91. The first-order valence-electron chi connectivity index (χ1n) is 7.59. The van der Waals surface area contributed by atoms with Crippen molar-refractivity contribution in [2.45, 2.75) is 58.7 Å². The van der Waals surface area contributed by atoms with Gasteiger partial charge in [0, 0.05) is 18.4 Å². The van der Waals surface area contributed by atoms with E-state index in [1.165, 1.54) is 12.5 Å². The Bertz CT molecular complexity index is 559. The van der Waals surface area contributed by atoms with E-state index in [-0.39, 0.29) is 35.5 Å². The molecule has 1 saturated carbocycles. The summed E-state index contributed by atoms with van der Waals surface area (Å²) in [7, 11) is 0. The minimum Gasteiger partial charge on any atom is -0.458 e. The van der Waals surface area contributed by atoms with E-state index < -0.39 is 0 Å². The van der Waals surface area contributed by atoms with Crippen LogP contribution in [0.1, 0.15) is 46.5 Å². The Balaban J connectivity index is 1.93. The maximum Gasteiger partial charge on any atom is 0.334 e. The minimum absolute atomic E-state index is 0.0307. The molecule has 21 heavy (non-hydrogen) atoms. The number of allylic oxidation sites excluding steroid dienone is 1. The van der Waals surface area contributed by atoms with Gasteiger partial charge in [-0.05, 0) is 43.6 Å². The van der Waals surface area contributed by atoms with Crippen LogP contribution >= 0.6 is 0 Å². The summed E-state index contributed by atoms with van der Waals surface area (Å²) in [4.78, 5) is 23.0. The summed E-state index contributed by atoms with van der Waals surface area (Å²) in [5, 5.41) is 0. The summed E-state index contributed by atoms with van der Waals surface area (Å²) < 4.78 is 10.9. The molecule has 0 aromatic rings. The number of carbonyl (C=O) groups is 2. The lowest BCUT2D eigenvalue weighted by Crippen LogP contribution is -2.41. The normalized spacial score (nSPS) is 38.7. The Morgan fingerprint density at radius 2 is 2.19 bits per heavy atom. The third-order valence-electron chi connectivity index (χ3n) is 5.45. The molecule has 0 bridgehead atoms. The van der Waals surface area contributed by atoms with Crippen LogP contribution in [0, 0.1) is 11.3 Å². The second kappa shape index (κ2) is 4.72. The molecule has 0 amide bonds. The average Bonchev–Trinajstić information content (AvgIpc) is 2.66. The van der Waals surface area contributed by atoms with Gasteiger partial charge in [0.1, 0.15) is 12.2 Å². The number of ether oxygens (including phenoxy) is 2. The quantitative estimate of drug-likeness (QED) is 0.423. The van der Waals surface area contributed by atoms with Gasteiger partial charge in [-0.1, -0.05) is 19.1 Å². The molecule has 0 spiro atoms. The van der Waals surface area contributed by atoms with Gasteiger partial charge in [0.05, 0.1) is 0 Å². The zero-order chi connectivity index (χ0) is 15.4. The molecular weight excluding hydrogens is 268 g/mol. The monoisotopic (exact) mass is 290 g/mol. The fourth-order valence-corrected chi connectivity index (χ4v) is 4.24.